The molecule has 1 aromatic heterocycles. The topological polar surface area (TPSA) is 37.7 Å². The number of aromatic nitrogens is 1. The maximum Gasteiger partial charge on any atom is 0.419 e. The van der Waals surface area contributed by atoms with Crippen LogP contribution in [0.1, 0.15) is 16.7 Å². The van der Waals surface area contributed by atoms with Gasteiger partial charge in [0.1, 0.15) is 19.3 Å². The summed E-state index contributed by atoms with van der Waals surface area (Å²) in [6.07, 6.45) is -0.166. The van der Waals surface area contributed by atoms with E-state index in [9.17, 15) is 18.0 Å². The summed E-state index contributed by atoms with van der Waals surface area (Å²) in [7, 11) is 0. The lowest BCUT2D eigenvalue weighted by atomic mass is 10.1. The van der Waals surface area contributed by atoms with Gasteiger partial charge in [0.15, 0.2) is 0 Å². The van der Waals surface area contributed by atoms with Gasteiger partial charge in [-0.2, -0.15) is 13.2 Å². The SMILES string of the molecule is Cc1ccc(/C=C/C(=O)N2CCN(c3ccc(C(F)(F)F)c[nH+]3)CC2)cc1Cl. The molecule has 2 heterocycles. The van der Waals surface area contributed by atoms with Gasteiger partial charge in [0.2, 0.25) is 5.91 Å². The molecule has 2 aromatic rings. The van der Waals surface area contributed by atoms with E-state index in [1.807, 2.05) is 24.0 Å². The average Bonchev–Trinajstić information content (AvgIpc) is 2.68. The number of carbonyl (C=O) groups excluding carboxylic acids is 1. The molecule has 0 unspecified atom stereocenters. The van der Waals surface area contributed by atoms with Crippen molar-refractivity contribution in [2.24, 2.45) is 0 Å². The molecular weight excluding hydrogens is 391 g/mol. The second kappa shape index (κ2) is 8.22. The van der Waals surface area contributed by atoms with Gasteiger partial charge >= 0.3 is 6.18 Å². The number of benzene rings is 1. The summed E-state index contributed by atoms with van der Waals surface area (Å²) in [5.41, 5.74) is 1.11. The maximum atomic E-state index is 12.6. The van der Waals surface area contributed by atoms with E-state index in [4.69, 9.17) is 11.6 Å². The number of anilines is 1. The van der Waals surface area contributed by atoms with Crippen LogP contribution in [-0.4, -0.2) is 37.0 Å². The molecule has 1 aliphatic heterocycles. The smallest absolute Gasteiger partial charge is 0.331 e. The van der Waals surface area contributed by atoms with E-state index >= 15 is 0 Å². The molecule has 0 aliphatic carbocycles. The highest BCUT2D eigenvalue weighted by Gasteiger charge is 2.32. The molecule has 28 heavy (non-hydrogen) atoms. The zero-order valence-electron chi connectivity index (χ0n) is 15.3. The predicted molar refractivity (Wildman–Crippen MR) is 102 cm³/mol. The molecule has 0 saturated carbocycles. The first-order chi connectivity index (χ1) is 13.2. The molecule has 3 rings (SSSR count). The first-order valence-corrected chi connectivity index (χ1v) is 9.19. The third-order valence-corrected chi connectivity index (χ3v) is 5.08. The van der Waals surface area contributed by atoms with Crippen LogP contribution in [0.25, 0.3) is 6.08 Å². The molecule has 1 amide bonds. The number of piperazine rings is 1. The predicted octanol–water partition coefficient (Wildman–Crippen LogP) is 3.84. The summed E-state index contributed by atoms with van der Waals surface area (Å²) in [6, 6.07) is 8.06. The fraction of sp³-hybridized carbons (Fsp3) is 0.300. The van der Waals surface area contributed by atoms with Crippen LogP contribution in [0.5, 0.6) is 0 Å². The molecular formula is C20H20ClF3N3O+. The number of nitrogens with one attached hydrogen (secondary N) is 1. The summed E-state index contributed by atoms with van der Waals surface area (Å²) in [5, 5.41) is 0.649. The molecule has 0 atom stereocenters. The van der Waals surface area contributed by atoms with Crippen molar-refractivity contribution in [3.8, 4) is 0 Å². The van der Waals surface area contributed by atoms with Gasteiger partial charge in [0, 0.05) is 17.2 Å². The van der Waals surface area contributed by atoms with Crippen LogP contribution in [-0.2, 0) is 11.0 Å². The number of aromatic amines is 1. The van der Waals surface area contributed by atoms with Crippen LogP contribution in [0.2, 0.25) is 5.02 Å². The van der Waals surface area contributed by atoms with E-state index in [1.165, 1.54) is 12.1 Å². The Kier molecular flexibility index (Phi) is 5.93. The maximum absolute atomic E-state index is 12.6. The lowest BCUT2D eigenvalue weighted by Gasteiger charge is -2.30. The van der Waals surface area contributed by atoms with Gasteiger partial charge in [-0.15, -0.1) is 0 Å². The molecule has 1 fully saturated rings. The van der Waals surface area contributed by atoms with E-state index in [0.717, 1.165) is 23.4 Å². The normalized spacial score (nSPS) is 15.3. The van der Waals surface area contributed by atoms with Crippen molar-refractivity contribution in [2.45, 2.75) is 13.1 Å². The van der Waals surface area contributed by atoms with Gasteiger partial charge < -0.3 is 4.90 Å². The summed E-state index contributed by atoms with van der Waals surface area (Å²) < 4.78 is 37.9. The van der Waals surface area contributed by atoms with Crippen LogP contribution in [0.15, 0.2) is 42.6 Å². The Morgan fingerprint density at radius 3 is 2.43 bits per heavy atom. The number of hydrogen-bond donors (Lipinski definition) is 0. The highest BCUT2D eigenvalue weighted by Crippen LogP contribution is 2.28. The quantitative estimate of drug-likeness (QED) is 0.721. The van der Waals surface area contributed by atoms with Gasteiger partial charge in [-0.25, -0.2) is 4.98 Å². The molecule has 148 valence electrons. The first kappa shape index (κ1) is 20.2. The third-order valence-electron chi connectivity index (χ3n) is 4.67. The number of nitrogens with zero attached hydrogens (tertiary/aromatic N) is 2. The van der Waals surface area contributed by atoms with Gasteiger partial charge in [-0.05, 0) is 36.3 Å². The lowest BCUT2D eigenvalue weighted by molar-refractivity contribution is -0.367. The summed E-state index contributed by atoms with van der Waals surface area (Å²) in [6.45, 7) is 3.98. The molecule has 8 heteroatoms. The second-order valence-electron chi connectivity index (χ2n) is 6.61. The molecule has 1 N–H and O–H groups in total. The highest BCUT2D eigenvalue weighted by atomic mass is 35.5. The molecule has 1 saturated heterocycles. The minimum absolute atomic E-state index is 0.104. The summed E-state index contributed by atoms with van der Waals surface area (Å²) in [4.78, 5) is 18.7. The van der Waals surface area contributed by atoms with Gasteiger partial charge in [0.25, 0.3) is 5.82 Å². The Bertz CT molecular complexity index is 873. The van der Waals surface area contributed by atoms with Crippen LogP contribution in [0.3, 0.4) is 0 Å². The number of carbonyl (C=O) groups is 1. The minimum atomic E-state index is -4.37. The summed E-state index contributed by atoms with van der Waals surface area (Å²) >= 11 is 6.09. The van der Waals surface area contributed by atoms with Gasteiger partial charge in [-0.1, -0.05) is 23.7 Å². The number of alkyl halides is 3. The lowest BCUT2D eigenvalue weighted by Crippen LogP contribution is -2.49. The van der Waals surface area contributed by atoms with Crippen LogP contribution in [0.4, 0.5) is 19.0 Å². The van der Waals surface area contributed by atoms with E-state index in [1.54, 1.807) is 17.0 Å². The Balaban J connectivity index is 1.56. The number of amides is 1. The fourth-order valence-corrected chi connectivity index (χ4v) is 3.13. The van der Waals surface area contributed by atoms with E-state index in [0.29, 0.717) is 37.0 Å². The molecule has 0 spiro atoms. The zero-order valence-corrected chi connectivity index (χ0v) is 16.0. The number of hydrogen-bond acceptors (Lipinski definition) is 2. The first-order valence-electron chi connectivity index (χ1n) is 8.81. The monoisotopic (exact) mass is 410 g/mol. The van der Waals surface area contributed by atoms with E-state index in [2.05, 4.69) is 4.98 Å². The molecule has 1 aromatic carbocycles. The van der Waals surface area contributed by atoms with E-state index < -0.39 is 11.7 Å². The number of pyridine rings is 1. The van der Waals surface area contributed by atoms with Gasteiger partial charge in [0.05, 0.1) is 18.7 Å². The fourth-order valence-electron chi connectivity index (χ4n) is 2.94. The molecule has 0 radical (unpaired) electrons. The number of halogens is 4. The van der Waals surface area contributed by atoms with Crippen molar-refractivity contribution in [2.75, 3.05) is 31.1 Å². The van der Waals surface area contributed by atoms with Crippen molar-refractivity contribution < 1.29 is 22.9 Å². The third kappa shape index (κ3) is 4.84. The Morgan fingerprint density at radius 1 is 1.14 bits per heavy atom. The van der Waals surface area contributed by atoms with Crippen LogP contribution in [0, 0.1) is 6.92 Å². The van der Waals surface area contributed by atoms with Crippen molar-refractivity contribution >= 4 is 29.4 Å². The Morgan fingerprint density at radius 2 is 1.86 bits per heavy atom. The number of aryl methyl sites for hydroxylation is 1. The Hall–Kier alpha value is -2.54. The van der Waals surface area contributed by atoms with Crippen molar-refractivity contribution in [3.05, 3.63) is 64.3 Å². The zero-order chi connectivity index (χ0) is 20.3. The molecule has 0 bridgehead atoms. The van der Waals surface area contributed by atoms with Crippen molar-refractivity contribution in [3.63, 3.8) is 0 Å². The van der Waals surface area contributed by atoms with E-state index in [-0.39, 0.29) is 5.91 Å². The number of rotatable bonds is 3. The second-order valence-corrected chi connectivity index (χ2v) is 7.02. The molecule has 4 nitrogen and oxygen atoms in total. The van der Waals surface area contributed by atoms with Crippen molar-refractivity contribution in [1.29, 1.82) is 0 Å². The molecule has 1 aliphatic rings. The minimum Gasteiger partial charge on any atom is -0.331 e. The largest absolute Gasteiger partial charge is 0.419 e. The van der Waals surface area contributed by atoms with Crippen LogP contribution >= 0.6 is 11.6 Å². The standard InChI is InChI=1S/C20H19ClF3N3O/c1-14-2-3-15(12-17(14)21)4-7-19(28)27-10-8-26(9-11-27)18-6-5-16(13-25-18)20(22,23)24/h2-7,12-13H,8-11H2,1H3/p+1/b7-4+. The Labute approximate surface area is 166 Å². The summed E-state index contributed by atoms with van der Waals surface area (Å²) in [5.74, 6) is 0.498. The average molecular weight is 411 g/mol. The van der Waals surface area contributed by atoms with Gasteiger partial charge in [-0.3, -0.25) is 9.69 Å². The highest BCUT2D eigenvalue weighted by molar-refractivity contribution is 6.31. The number of H-pyrrole nitrogens is 1. The van der Waals surface area contributed by atoms with Crippen LogP contribution < -0.4 is 9.88 Å². The van der Waals surface area contributed by atoms with Crippen molar-refractivity contribution in [1.82, 2.24) is 4.90 Å².